The fraction of sp³-hybridized carbons (Fsp3) is 0.375. The van der Waals surface area contributed by atoms with Gasteiger partial charge in [0.25, 0.3) is 0 Å². The van der Waals surface area contributed by atoms with E-state index in [4.69, 9.17) is 26.7 Å². The third kappa shape index (κ3) is 12.6. The van der Waals surface area contributed by atoms with Gasteiger partial charge in [0.15, 0.2) is 5.05 Å². The van der Waals surface area contributed by atoms with Crippen LogP contribution in [0.2, 0.25) is 0 Å². The molecule has 0 unspecified atom stereocenters. The number of phosphoric acid groups is 1. The normalized spacial score (nSPS) is 10.1. The molecule has 2 rings (SSSR count). The number of methoxy groups -OCH3 is 1. The number of nitrogens with zero attached hydrogens (tertiary/aromatic N) is 1. The van der Waals surface area contributed by atoms with E-state index in [1.54, 1.807) is 0 Å². The highest BCUT2D eigenvalue weighted by Gasteiger charge is 2.12. The van der Waals surface area contributed by atoms with Crippen LogP contribution in [0.25, 0.3) is 10.9 Å². The van der Waals surface area contributed by atoms with Crippen molar-refractivity contribution in [2.75, 3.05) is 20.8 Å². The second-order valence-electron chi connectivity index (χ2n) is 4.55. The standard InChI is InChI=1S/C9H7N.C6H13O5PS.CH5N/c1-2-6-9-8(4-1)5-3-7-10-9;1-10-6(13)4-2-3-5-11-12(7,8)9;1-2/h1-7H;2-5H2,1H3,(H2,7,8,9);2H2,1H3. The molecule has 0 fully saturated rings. The van der Waals surface area contributed by atoms with E-state index in [2.05, 4.69) is 27.4 Å². The first-order valence-electron chi connectivity index (χ1n) is 7.57. The quantitative estimate of drug-likeness (QED) is 0.393. The summed E-state index contributed by atoms with van der Waals surface area (Å²) in [4.78, 5) is 20.8. The highest BCUT2D eigenvalue weighted by molar-refractivity contribution is 7.80. The molecule has 25 heavy (non-hydrogen) atoms. The zero-order valence-electron chi connectivity index (χ0n) is 14.4. The summed E-state index contributed by atoms with van der Waals surface area (Å²) in [6.45, 7) is 0.0383. The maximum atomic E-state index is 10.2. The summed E-state index contributed by atoms with van der Waals surface area (Å²) in [5.74, 6) is 0. The fourth-order valence-electron chi connectivity index (χ4n) is 1.67. The van der Waals surface area contributed by atoms with Crippen LogP contribution in [0.15, 0.2) is 42.6 Å². The number of ether oxygens (including phenoxy) is 1. The van der Waals surface area contributed by atoms with Crippen LogP contribution in [0.1, 0.15) is 19.3 Å². The molecule has 4 N–H and O–H groups in total. The van der Waals surface area contributed by atoms with Crippen molar-refractivity contribution >= 4 is 36.0 Å². The number of phosphoric ester groups is 1. The Kier molecular flexibility index (Phi) is 13.1. The molecule has 0 atom stereocenters. The average molecular weight is 388 g/mol. The van der Waals surface area contributed by atoms with Crippen molar-refractivity contribution in [1.82, 2.24) is 4.98 Å². The number of para-hydroxylation sites is 1. The lowest BCUT2D eigenvalue weighted by Crippen LogP contribution is -1.98. The molecule has 140 valence electrons. The van der Waals surface area contributed by atoms with Crippen LogP contribution in [-0.4, -0.2) is 40.6 Å². The number of rotatable bonds is 6. The second-order valence-corrected chi connectivity index (χ2v) is 6.25. The smallest absolute Gasteiger partial charge is 0.469 e. The predicted molar refractivity (Wildman–Crippen MR) is 103 cm³/mol. The Morgan fingerprint density at radius 1 is 1.20 bits per heavy atom. The van der Waals surface area contributed by atoms with Crippen molar-refractivity contribution in [3.05, 3.63) is 42.6 Å². The van der Waals surface area contributed by atoms with Gasteiger partial charge >= 0.3 is 7.82 Å². The third-order valence-electron chi connectivity index (χ3n) is 2.77. The summed E-state index contributed by atoms with van der Waals surface area (Å²) in [5.41, 5.74) is 5.56. The molecule has 0 amide bonds. The van der Waals surface area contributed by atoms with Crippen LogP contribution in [0, 0.1) is 0 Å². The van der Waals surface area contributed by atoms with Gasteiger partial charge in [0.1, 0.15) is 0 Å². The van der Waals surface area contributed by atoms with E-state index < -0.39 is 7.82 Å². The van der Waals surface area contributed by atoms with Crippen LogP contribution >= 0.6 is 20.0 Å². The molecule has 0 aliphatic rings. The number of fused-ring (bicyclic) bond motifs is 1. The number of hydrogen-bond acceptors (Lipinski definition) is 6. The first-order chi connectivity index (χ1) is 11.9. The summed E-state index contributed by atoms with van der Waals surface area (Å²) in [7, 11) is -1.31. The maximum absolute atomic E-state index is 10.2. The van der Waals surface area contributed by atoms with Crippen molar-refractivity contribution in [1.29, 1.82) is 0 Å². The van der Waals surface area contributed by atoms with Gasteiger partial charge in [-0.3, -0.25) is 9.51 Å². The Hall–Kier alpha value is -1.41. The van der Waals surface area contributed by atoms with Crippen molar-refractivity contribution in [2.45, 2.75) is 19.3 Å². The Balaban J connectivity index is 0.000000426. The number of unbranched alkanes of at least 4 members (excludes halogenated alkanes) is 1. The third-order valence-corrected chi connectivity index (χ3v) is 3.66. The maximum Gasteiger partial charge on any atom is 0.469 e. The summed E-state index contributed by atoms with van der Waals surface area (Å²) in [6.07, 6.45) is 3.67. The van der Waals surface area contributed by atoms with E-state index in [1.807, 2.05) is 30.5 Å². The summed E-state index contributed by atoms with van der Waals surface area (Å²) >= 11 is 4.76. The van der Waals surface area contributed by atoms with Crippen LogP contribution in [0.3, 0.4) is 0 Å². The molecule has 0 aliphatic heterocycles. The van der Waals surface area contributed by atoms with E-state index >= 15 is 0 Å². The molecule has 0 saturated heterocycles. The SMILES string of the molecule is CN.COC(=S)CCCCOP(=O)(O)O.c1ccc2ncccc2c1. The fourth-order valence-corrected chi connectivity index (χ4v) is 2.18. The van der Waals surface area contributed by atoms with Crippen LogP contribution in [0.5, 0.6) is 0 Å². The number of pyridine rings is 1. The minimum absolute atomic E-state index is 0.0383. The second kappa shape index (κ2) is 13.8. The Labute approximate surface area is 153 Å². The highest BCUT2D eigenvalue weighted by atomic mass is 32.1. The van der Waals surface area contributed by atoms with Crippen LogP contribution in [-0.2, 0) is 13.8 Å². The van der Waals surface area contributed by atoms with E-state index in [9.17, 15) is 4.57 Å². The van der Waals surface area contributed by atoms with E-state index in [0.29, 0.717) is 24.3 Å². The van der Waals surface area contributed by atoms with Crippen LogP contribution < -0.4 is 5.73 Å². The summed E-state index contributed by atoms with van der Waals surface area (Å²) < 4.78 is 19.2. The van der Waals surface area contributed by atoms with Gasteiger partial charge in [0, 0.05) is 18.0 Å². The molecule has 0 spiro atoms. The van der Waals surface area contributed by atoms with E-state index in [0.717, 1.165) is 5.52 Å². The van der Waals surface area contributed by atoms with Gasteiger partial charge < -0.3 is 20.3 Å². The monoisotopic (exact) mass is 388 g/mol. The van der Waals surface area contributed by atoms with Crippen molar-refractivity contribution in [3.8, 4) is 0 Å². The molecule has 0 bridgehead atoms. The first kappa shape index (κ1) is 23.6. The Morgan fingerprint density at radius 2 is 1.84 bits per heavy atom. The number of thiocarbonyl (C=S) groups is 1. The molecular formula is C16H25N2O5PS. The van der Waals surface area contributed by atoms with Gasteiger partial charge in [-0.2, -0.15) is 0 Å². The summed E-state index contributed by atoms with van der Waals surface area (Å²) in [6, 6.07) is 12.1. The van der Waals surface area contributed by atoms with Gasteiger partial charge in [0.05, 0.1) is 19.2 Å². The largest absolute Gasteiger partial charge is 0.490 e. The molecule has 0 radical (unpaired) electrons. The lowest BCUT2D eigenvalue weighted by Gasteiger charge is -2.04. The van der Waals surface area contributed by atoms with E-state index in [1.165, 1.54) is 19.5 Å². The molecule has 2 aromatic rings. The minimum Gasteiger partial charge on any atom is -0.490 e. The topological polar surface area (TPSA) is 115 Å². The number of hydrogen-bond donors (Lipinski definition) is 3. The first-order valence-corrected chi connectivity index (χ1v) is 9.50. The Morgan fingerprint density at radius 3 is 2.44 bits per heavy atom. The Bertz CT molecular complexity index is 600. The average Bonchev–Trinajstić information content (AvgIpc) is 2.62. The lowest BCUT2D eigenvalue weighted by atomic mass is 10.2. The van der Waals surface area contributed by atoms with Crippen molar-refractivity contribution < 1.29 is 23.6 Å². The predicted octanol–water partition coefficient (Wildman–Crippen LogP) is 3.05. The van der Waals surface area contributed by atoms with Gasteiger partial charge in [0.2, 0.25) is 0 Å². The number of benzene rings is 1. The van der Waals surface area contributed by atoms with Crippen LogP contribution in [0.4, 0.5) is 0 Å². The number of aromatic nitrogens is 1. The zero-order valence-corrected chi connectivity index (χ0v) is 16.1. The molecule has 0 aliphatic carbocycles. The van der Waals surface area contributed by atoms with Gasteiger partial charge in [-0.25, -0.2) is 4.57 Å². The molecular weight excluding hydrogens is 363 g/mol. The van der Waals surface area contributed by atoms with Gasteiger partial charge in [-0.1, -0.05) is 24.3 Å². The zero-order chi connectivity index (χ0) is 19.1. The van der Waals surface area contributed by atoms with Gasteiger partial charge in [-0.05, 0) is 44.2 Å². The summed E-state index contributed by atoms with van der Waals surface area (Å²) in [5, 5.41) is 1.70. The molecule has 1 heterocycles. The van der Waals surface area contributed by atoms with Crippen molar-refractivity contribution in [3.63, 3.8) is 0 Å². The molecule has 9 heteroatoms. The minimum atomic E-state index is -4.30. The molecule has 7 nitrogen and oxygen atoms in total. The van der Waals surface area contributed by atoms with Gasteiger partial charge in [-0.15, -0.1) is 0 Å². The number of nitrogens with two attached hydrogens (primary N) is 1. The van der Waals surface area contributed by atoms with Crippen molar-refractivity contribution in [2.24, 2.45) is 5.73 Å². The lowest BCUT2D eigenvalue weighted by molar-refractivity contribution is 0.194. The molecule has 1 aromatic heterocycles. The highest BCUT2D eigenvalue weighted by Crippen LogP contribution is 2.35. The molecule has 1 aromatic carbocycles. The van der Waals surface area contributed by atoms with E-state index in [-0.39, 0.29) is 6.61 Å². The molecule has 0 saturated carbocycles.